The number of aromatic nitrogens is 4. The van der Waals surface area contributed by atoms with Crippen LogP contribution < -0.4 is 10.5 Å². The maximum atomic E-state index is 13.7. The minimum Gasteiger partial charge on any atom is -0.348 e. The van der Waals surface area contributed by atoms with E-state index >= 15 is 0 Å². The minimum atomic E-state index is -0.792. The first-order chi connectivity index (χ1) is 13.4. The van der Waals surface area contributed by atoms with Crippen LogP contribution in [0.5, 0.6) is 0 Å². The number of fused-ring (bicyclic) bond motifs is 1. The molecular formula is C21H26FN5O. The molecule has 28 heavy (non-hydrogen) atoms. The molecule has 0 saturated heterocycles. The molecule has 2 aromatic heterocycles. The van der Waals surface area contributed by atoms with Crippen LogP contribution >= 0.6 is 0 Å². The van der Waals surface area contributed by atoms with E-state index in [1.807, 2.05) is 14.1 Å². The molecule has 1 atom stereocenters. The quantitative estimate of drug-likeness (QED) is 0.703. The van der Waals surface area contributed by atoms with Gasteiger partial charge in [-0.05, 0) is 35.8 Å². The predicted molar refractivity (Wildman–Crippen MR) is 109 cm³/mol. The van der Waals surface area contributed by atoms with Gasteiger partial charge in [0.05, 0.1) is 6.04 Å². The van der Waals surface area contributed by atoms with Crippen molar-refractivity contribution in [2.45, 2.75) is 45.3 Å². The van der Waals surface area contributed by atoms with Crippen molar-refractivity contribution in [2.24, 2.45) is 5.92 Å². The zero-order valence-corrected chi connectivity index (χ0v) is 16.7. The fourth-order valence-electron chi connectivity index (χ4n) is 3.71. The van der Waals surface area contributed by atoms with Crippen LogP contribution in [0, 0.1) is 5.92 Å². The Morgan fingerprint density at radius 3 is 2.39 bits per heavy atom. The molecule has 1 saturated carbocycles. The molecule has 0 aliphatic heterocycles. The van der Waals surface area contributed by atoms with Crippen molar-refractivity contribution in [3.05, 3.63) is 51.4 Å². The summed E-state index contributed by atoms with van der Waals surface area (Å²) in [5.74, 6) is 1.32. The third-order valence-electron chi connectivity index (χ3n) is 5.45. The third-order valence-corrected chi connectivity index (χ3v) is 5.45. The highest BCUT2D eigenvalue weighted by Crippen LogP contribution is 2.44. The number of H-pyrrole nitrogens is 1. The third kappa shape index (κ3) is 3.19. The Morgan fingerprint density at radius 1 is 1.21 bits per heavy atom. The molecule has 148 valence electrons. The molecule has 1 N–H and O–H groups in total. The van der Waals surface area contributed by atoms with Crippen molar-refractivity contribution in [3.63, 3.8) is 0 Å². The minimum absolute atomic E-state index is 0.0478. The molecule has 0 radical (unpaired) electrons. The van der Waals surface area contributed by atoms with Crippen molar-refractivity contribution in [1.29, 1.82) is 0 Å². The molecular weight excluding hydrogens is 357 g/mol. The van der Waals surface area contributed by atoms with E-state index in [9.17, 15) is 9.18 Å². The second kappa shape index (κ2) is 7.04. The maximum absolute atomic E-state index is 13.7. The van der Waals surface area contributed by atoms with Crippen molar-refractivity contribution in [2.75, 3.05) is 19.0 Å². The number of benzene rings is 1. The highest BCUT2D eigenvalue weighted by molar-refractivity contribution is 5.78. The van der Waals surface area contributed by atoms with E-state index in [2.05, 4.69) is 53.2 Å². The van der Waals surface area contributed by atoms with Gasteiger partial charge in [0.2, 0.25) is 5.95 Å². The van der Waals surface area contributed by atoms with Crippen molar-refractivity contribution >= 4 is 17.0 Å². The second-order valence-electron chi connectivity index (χ2n) is 8.11. The zero-order chi connectivity index (χ0) is 20.0. The van der Waals surface area contributed by atoms with Gasteiger partial charge in [-0.3, -0.25) is 9.78 Å². The lowest BCUT2D eigenvalue weighted by Crippen LogP contribution is -2.20. The molecule has 3 aromatic rings. The summed E-state index contributed by atoms with van der Waals surface area (Å²) in [7, 11) is 3.62. The summed E-state index contributed by atoms with van der Waals surface area (Å²) < 4.78 is 15.4. The van der Waals surface area contributed by atoms with E-state index in [4.69, 9.17) is 0 Å². The first-order valence-corrected chi connectivity index (χ1v) is 9.75. The molecule has 1 aliphatic rings. The predicted octanol–water partition coefficient (Wildman–Crippen LogP) is 3.78. The van der Waals surface area contributed by atoms with Gasteiger partial charge in [0.15, 0.2) is 5.65 Å². The monoisotopic (exact) mass is 383 g/mol. The Labute approximate surface area is 163 Å². The molecule has 0 unspecified atom stereocenters. The van der Waals surface area contributed by atoms with Gasteiger partial charge in [0.25, 0.3) is 5.56 Å². The molecule has 0 spiro atoms. The lowest BCUT2D eigenvalue weighted by Gasteiger charge is -2.20. The standard InChI is InChI=1S/C21H26FN5O/c1-12(2)13-5-7-14(8-6-13)18(15-9-10-15)27-19-17(16(11-22)25-27)20(28)24-21(23-19)26(3)4/h5-8,12,15,18H,9-11H2,1-4H3,(H,23,24,28)/t18-/m0/s1. The number of alkyl halides is 1. The number of rotatable bonds is 6. The van der Waals surface area contributed by atoms with Crippen LogP contribution in [0.3, 0.4) is 0 Å². The smallest absolute Gasteiger partial charge is 0.263 e. The van der Waals surface area contributed by atoms with E-state index in [-0.39, 0.29) is 22.7 Å². The van der Waals surface area contributed by atoms with Crippen molar-refractivity contribution in [1.82, 2.24) is 19.7 Å². The van der Waals surface area contributed by atoms with Gasteiger partial charge in [0.1, 0.15) is 17.8 Å². The number of anilines is 1. The lowest BCUT2D eigenvalue weighted by molar-refractivity contribution is 0.444. The first-order valence-electron chi connectivity index (χ1n) is 9.75. The van der Waals surface area contributed by atoms with E-state index in [0.29, 0.717) is 23.4 Å². The van der Waals surface area contributed by atoms with Gasteiger partial charge >= 0.3 is 0 Å². The normalized spacial score (nSPS) is 15.4. The summed E-state index contributed by atoms with van der Waals surface area (Å²) in [4.78, 5) is 21.7. The van der Waals surface area contributed by atoms with Crippen LogP contribution in [0.15, 0.2) is 29.1 Å². The van der Waals surface area contributed by atoms with Gasteiger partial charge in [-0.25, -0.2) is 9.07 Å². The Kier molecular flexibility index (Phi) is 4.69. The maximum Gasteiger partial charge on any atom is 0.263 e. The van der Waals surface area contributed by atoms with E-state index < -0.39 is 6.67 Å². The Bertz CT molecular complexity index is 1050. The van der Waals surface area contributed by atoms with Crippen LogP contribution in [0.2, 0.25) is 0 Å². The number of aromatic amines is 1. The van der Waals surface area contributed by atoms with Crippen LogP contribution in [0.1, 0.15) is 55.5 Å². The largest absolute Gasteiger partial charge is 0.348 e. The first kappa shape index (κ1) is 18.7. The molecule has 6 nitrogen and oxygen atoms in total. The van der Waals surface area contributed by atoms with Gasteiger partial charge in [-0.2, -0.15) is 10.1 Å². The molecule has 4 rings (SSSR count). The van der Waals surface area contributed by atoms with E-state index in [1.54, 1.807) is 9.58 Å². The van der Waals surface area contributed by atoms with Crippen LogP contribution in [-0.4, -0.2) is 33.8 Å². The fraction of sp³-hybridized carbons (Fsp3) is 0.476. The van der Waals surface area contributed by atoms with Crippen molar-refractivity contribution in [3.8, 4) is 0 Å². The topological polar surface area (TPSA) is 66.8 Å². The molecule has 1 aliphatic carbocycles. The number of nitrogens with zero attached hydrogens (tertiary/aromatic N) is 4. The van der Waals surface area contributed by atoms with Gasteiger partial charge in [0, 0.05) is 14.1 Å². The highest BCUT2D eigenvalue weighted by atomic mass is 19.1. The molecule has 1 fully saturated rings. The Hall–Kier alpha value is -2.70. The lowest BCUT2D eigenvalue weighted by atomic mass is 9.97. The number of nitrogens with one attached hydrogen (secondary N) is 1. The van der Waals surface area contributed by atoms with Crippen molar-refractivity contribution < 1.29 is 4.39 Å². The summed E-state index contributed by atoms with van der Waals surface area (Å²) in [6, 6.07) is 8.49. The Morgan fingerprint density at radius 2 is 1.86 bits per heavy atom. The van der Waals surface area contributed by atoms with E-state index in [1.165, 1.54) is 5.56 Å². The number of hydrogen-bond acceptors (Lipinski definition) is 4. The summed E-state index contributed by atoms with van der Waals surface area (Å²) in [5, 5.41) is 4.75. The summed E-state index contributed by atoms with van der Waals surface area (Å²) in [5.41, 5.74) is 2.65. The van der Waals surface area contributed by atoms with Gasteiger partial charge in [-0.15, -0.1) is 0 Å². The van der Waals surface area contributed by atoms with Gasteiger partial charge in [-0.1, -0.05) is 38.1 Å². The average Bonchev–Trinajstić information content (AvgIpc) is 3.43. The van der Waals surface area contributed by atoms with Gasteiger partial charge < -0.3 is 4.90 Å². The van der Waals surface area contributed by atoms with Crippen LogP contribution in [-0.2, 0) is 6.67 Å². The Balaban J connectivity index is 1.90. The molecule has 2 heterocycles. The van der Waals surface area contributed by atoms with Crippen LogP contribution in [0.4, 0.5) is 10.3 Å². The SMILES string of the molecule is CC(C)c1ccc([C@@H](C2CC2)n2nc(CF)c3c(=O)[nH]c(N(C)C)nc32)cc1. The zero-order valence-electron chi connectivity index (χ0n) is 16.7. The summed E-state index contributed by atoms with van der Waals surface area (Å²) in [6.45, 7) is 3.54. The van der Waals surface area contributed by atoms with Crippen LogP contribution in [0.25, 0.3) is 11.0 Å². The second-order valence-corrected chi connectivity index (χ2v) is 8.11. The summed E-state index contributed by atoms with van der Waals surface area (Å²) >= 11 is 0. The average molecular weight is 383 g/mol. The van der Waals surface area contributed by atoms with E-state index in [0.717, 1.165) is 18.4 Å². The fourth-order valence-corrected chi connectivity index (χ4v) is 3.71. The molecule has 0 bridgehead atoms. The molecule has 7 heteroatoms. The molecule has 0 amide bonds. The number of halogens is 1. The molecule has 1 aromatic carbocycles. The summed E-state index contributed by atoms with van der Waals surface area (Å²) in [6.07, 6.45) is 2.18. The number of hydrogen-bond donors (Lipinski definition) is 1. The highest BCUT2D eigenvalue weighted by Gasteiger charge is 2.36.